The Morgan fingerprint density at radius 2 is 2.16 bits per heavy atom. The fraction of sp³-hybridized carbons (Fsp3) is 0.625. The lowest BCUT2D eigenvalue weighted by molar-refractivity contribution is 0.141. The van der Waals surface area contributed by atoms with Crippen molar-refractivity contribution >= 4 is 0 Å². The smallest absolute Gasteiger partial charge is 0.126 e. The Morgan fingerprint density at radius 3 is 2.84 bits per heavy atom. The van der Waals surface area contributed by atoms with Crippen LogP contribution in [0.4, 0.5) is 4.39 Å². The van der Waals surface area contributed by atoms with Crippen LogP contribution in [-0.2, 0) is 4.74 Å². The average molecular weight is 265 g/mol. The van der Waals surface area contributed by atoms with Crippen LogP contribution in [0.1, 0.15) is 44.1 Å². The van der Waals surface area contributed by atoms with Gasteiger partial charge in [-0.3, -0.25) is 0 Å². The molecule has 1 aliphatic carbocycles. The third kappa shape index (κ3) is 4.92. The largest absolute Gasteiger partial charge is 0.382 e. The van der Waals surface area contributed by atoms with Gasteiger partial charge in [0, 0.05) is 25.8 Å². The Morgan fingerprint density at radius 1 is 1.37 bits per heavy atom. The molecule has 1 atom stereocenters. The van der Waals surface area contributed by atoms with E-state index in [9.17, 15) is 4.39 Å². The van der Waals surface area contributed by atoms with Crippen LogP contribution in [0.25, 0.3) is 0 Å². The number of rotatable bonds is 9. The Kier molecular flexibility index (Phi) is 5.80. The zero-order chi connectivity index (χ0) is 13.5. The summed E-state index contributed by atoms with van der Waals surface area (Å²) in [5.41, 5.74) is 0.840. The summed E-state index contributed by atoms with van der Waals surface area (Å²) in [5, 5.41) is 3.52. The fourth-order valence-electron chi connectivity index (χ4n) is 2.35. The van der Waals surface area contributed by atoms with Crippen molar-refractivity contribution in [3.05, 3.63) is 35.6 Å². The van der Waals surface area contributed by atoms with Gasteiger partial charge in [-0.1, -0.05) is 18.2 Å². The second kappa shape index (κ2) is 7.61. The third-order valence-corrected chi connectivity index (χ3v) is 3.62. The van der Waals surface area contributed by atoms with Crippen LogP contribution in [0.3, 0.4) is 0 Å². The summed E-state index contributed by atoms with van der Waals surface area (Å²) in [4.78, 5) is 0. The molecule has 2 nitrogen and oxygen atoms in total. The lowest BCUT2D eigenvalue weighted by Gasteiger charge is -2.18. The van der Waals surface area contributed by atoms with E-state index in [2.05, 4.69) is 5.32 Å². The molecule has 3 heteroatoms. The number of nitrogens with one attached hydrogen (secondary N) is 1. The summed E-state index contributed by atoms with van der Waals surface area (Å²) >= 11 is 0. The average Bonchev–Trinajstić information content (AvgIpc) is 3.23. The number of hydrogen-bond acceptors (Lipinski definition) is 2. The van der Waals surface area contributed by atoms with Gasteiger partial charge in [-0.2, -0.15) is 0 Å². The lowest BCUT2D eigenvalue weighted by Crippen LogP contribution is -2.24. The molecule has 0 aliphatic heterocycles. The topological polar surface area (TPSA) is 21.3 Å². The van der Waals surface area contributed by atoms with Crippen LogP contribution in [0.5, 0.6) is 0 Å². The van der Waals surface area contributed by atoms with E-state index in [1.807, 2.05) is 19.1 Å². The van der Waals surface area contributed by atoms with Crippen LogP contribution in [0.2, 0.25) is 0 Å². The predicted octanol–water partition coefficient (Wildman–Crippen LogP) is 3.48. The summed E-state index contributed by atoms with van der Waals surface area (Å²) < 4.78 is 19.3. The van der Waals surface area contributed by atoms with Gasteiger partial charge in [0.25, 0.3) is 0 Å². The molecule has 1 fully saturated rings. The standard InChI is InChI=1S/C16H24FNO/c1-2-19-11-5-6-13(12-18-14-9-10-14)15-7-3-4-8-16(15)17/h3-4,7-8,13-14,18H,2,5-6,9-12H2,1H3. The number of ether oxygens (including phenoxy) is 1. The van der Waals surface area contributed by atoms with E-state index in [4.69, 9.17) is 4.74 Å². The maximum atomic E-state index is 13.9. The van der Waals surface area contributed by atoms with Gasteiger partial charge in [-0.15, -0.1) is 0 Å². The van der Waals surface area contributed by atoms with E-state index in [1.54, 1.807) is 12.1 Å². The maximum Gasteiger partial charge on any atom is 0.126 e. The van der Waals surface area contributed by atoms with E-state index in [1.165, 1.54) is 12.8 Å². The highest BCUT2D eigenvalue weighted by Gasteiger charge is 2.23. The summed E-state index contributed by atoms with van der Waals surface area (Å²) in [6, 6.07) is 7.81. The van der Waals surface area contributed by atoms with Gasteiger partial charge >= 0.3 is 0 Å². The molecule has 106 valence electrons. The summed E-state index contributed by atoms with van der Waals surface area (Å²) in [6.07, 6.45) is 4.49. The first-order valence-corrected chi connectivity index (χ1v) is 7.36. The van der Waals surface area contributed by atoms with E-state index in [0.29, 0.717) is 6.04 Å². The highest BCUT2D eigenvalue weighted by Crippen LogP contribution is 2.26. The molecule has 0 saturated heterocycles. The van der Waals surface area contributed by atoms with Gasteiger partial charge in [0.15, 0.2) is 0 Å². The summed E-state index contributed by atoms with van der Waals surface area (Å²) in [6.45, 7) is 4.40. The second-order valence-electron chi connectivity index (χ2n) is 5.24. The van der Waals surface area contributed by atoms with Crippen molar-refractivity contribution in [2.45, 2.75) is 44.6 Å². The quantitative estimate of drug-likeness (QED) is 0.690. The van der Waals surface area contributed by atoms with Crippen LogP contribution in [-0.4, -0.2) is 25.8 Å². The summed E-state index contributed by atoms with van der Waals surface area (Å²) in [7, 11) is 0. The molecule has 0 radical (unpaired) electrons. The first-order chi connectivity index (χ1) is 9.31. The van der Waals surface area contributed by atoms with Gasteiger partial charge in [0.2, 0.25) is 0 Å². The molecule has 0 heterocycles. The third-order valence-electron chi connectivity index (χ3n) is 3.62. The molecule has 1 saturated carbocycles. The predicted molar refractivity (Wildman–Crippen MR) is 75.9 cm³/mol. The Hall–Kier alpha value is -0.930. The number of hydrogen-bond donors (Lipinski definition) is 1. The second-order valence-corrected chi connectivity index (χ2v) is 5.24. The van der Waals surface area contributed by atoms with Crippen LogP contribution in [0, 0.1) is 5.82 Å². The SMILES string of the molecule is CCOCCCC(CNC1CC1)c1ccccc1F. The molecular weight excluding hydrogens is 241 g/mol. The van der Waals surface area contributed by atoms with Crippen LogP contribution in [0.15, 0.2) is 24.3 Å². The molecule has 0 amide bonds. The molecule has 1 aromatic rings. The van der Waals surface area contributed by atoms with Crippen LogP contribution < -0.4 is 5.32 Å². The van der Waals surface area contributed by atoms with E-state index in [-0.39, 0.29) is 11.7 Å². The van der Waals surface area contributed by atoms with Gasteiger partial charge in [-0.25, -0.2) is 4.39 Å². The molecule has 1 aliphatic rings. The van der Waals surface area contributed by atoms with Gasteiger partial charge < -0.3 is 10.1 Å². The first kappa shape index (κ1) is 14.5. The number of halogens is 1. The maximum absolute atomic E-state index is 13.9. The molecule has 2 rings (SSSR count). The minimum Gasteiger partial charge on any atom is -0.382 e. The van der Waals surface area contributed by atoms with E-state index < -0.39 is 0 Å². The van der Waals surface area contributed by atoms with Crippen molar-refractivity contribution in [3.63, 3.8) is 0 Å². The zero-order valence-electron chi connectivity index (χ0n) is 11.7. The molecule has 0 aromatic heterocycles. The highest BCUT2D eigenvalue weighted by atomic mass is 19.1. The van der Waals surface area contributed by atoms with Gasteiger partial charge in [0.1, 0.15) is 5.82 Å². The van der Waals surface area contributed by atoms with E-state index in [0.717, 1.165) is 38.2 Å². The van der Waals surface area contributed by atoms with Gasteiger partial charge in [-0.05, 0) is 50.2 Å². The normalized spacial score (nSPS) is 16.5. The molecule has 0 spiro atoms. The molecule has 1 aromatic carbocycles. The monoisotopic (exact) mass is 265 g/mol. The Balaban J connectivity index is 1.90. The van der Waals surface area contributed by atoms with Gasteiger partial charge in [0.05, 0.1) is 0 Å². The zero-order valence-corrected chi connectivity index (χ0v) is 11.7. The molecule has 1 N–H and O–H groups in total. The van der Waals surface area contributed by atoms with Crippen molar-refractivity contribution in [1.29, 1.82) is 0 Å². The van der Waals surface area contributed by atoms with Crippen molar-refractivity contribution in [1.82, 2.24) is 5.32 Å². The molecule has 0 bridgehead atoms. The van der Waals surface area contributed by atoms with Crippen molar-refractivity contribution in [3.8, 4) is 0 Å². The lowest BCUT2D eigenvalue weighted by atomic mass is 9.93. The van der Waals surface area contributed by atoms with E-state index >= 15 is 0 Å². The molecule has 19 heavy (non-hydrogen) atoms. The van der Waals surface area contributed by atoms with Crippen LogP contribution >= 0.6 is 0 Å². The van der Waals surface area contributed by atoms with Crippen molar-refractivity contribution in [2.24, 2.45) is 0 Å². The Labute approximate surface area is 115 Å². The Bertz CT molecular complexity index is 379. The highest BCUT2D eigenvalue weighted by molar-refractivity contribution is 5.22. The molecular formula is C16H24FNO. The number of benzene rings is 1. The minimum absolute atomic E-state index is 0.0819. The first-order valence-electron chi connectivity index (χ1n) is 7.36. The van der Waals surface area contributed by atoms with Crippen molar-refractivity contribution in [2.75, 3.05) is 19.8 Å². The molecule has 1 unspecified atom stereocenters. The minimum atomic E-state index is -0.0819. The fourth-order valence-corrected chi connectivity index (χ4v) is 2.35. The summed E-state index contributed by atoms with van der Waals surface area (Å²) in [5.74, 6) is 0.170. The van der Waals surface area contributed by atoms with Crippen molar-refractivity contribution < 1.29 is 9.13 Å².